The van der Waals surface area contributed by atoms with E-state index < -0.39 is 0 Å². The lowest BCUT2D eigenvalue weighted by Gasteiger charge is -2.32. The molecule has 0 bridgehead atoms. The SMILES string of the molecule is CCOc1ccc(-c2ccc(CC(=O)NCc3cc(F)cc(OCC(C)C)c3)nc2)c(CN2CCN(C)CC2)c1. The zero-order valence-electron chi connectivity index (χ0n) is 24.1. The van der Waals surface area contributed by atoms with Crippen LogP contribution in [-0.4, -0.2) is 67.1 Å². The van der Waals surface area contributed by atoms with E-state index in [9.17, 15) is 9.18 Å². The Kier molecular flexibility index (Phi) is 10.5. The van der Waals surface area contributed by atoms with Gasteiger partial charge in [-0.05, 0) is 66.9 Å². The number of halogens is 1. The van der Waals surface area contributed by atoms with Crippen molar-refractivity contribution in [2.45, 2.75) is 40.3 Å². The maximum atomic E-state index is 14.0. The molecule has 0 spiro atoms. The van der Waals surface area contributed by atoms with Gasteiger partial charge in [-0.15, -0.1) is 0 Å². The van der Waals surface area contributed by atoms with E-state index in [1.54, 1.807) is 6.07 Å². The van der Waals surface area contributed by atoms with Crippen molar-refractivity contribution in [3.05, 3.63) is 77.4 Å². The fraction of sp³-hybridized carbons (Fsp3) is 0.438. The van der Waals surface area contributed by atoms with Gasteiger partial charge in [0.05, 0.1) is 19.6 Å². The molecule has 1 fully saturated rings. The normalized spacial score (nSPS) is 14.3. The molecule has 1 aliphatic rings. The topological polar surface area (TPSA) is 66.9 Å². The number of nitrogens with one attached hydrogen (secondary N) is 1. The number of carbonyl (C=O) groups is 1. The highest BCUT2D eigenvalue weighted by Gasteiger charge is 2.17. The van der Waals surface area contributed by atoms with Crippen molar-refractivity contribution in [3.63, 3.8) is 0 Å². The van der Waals surface area contributed by atoms with Crippen LogP contribution in [0.4, 0.5) is 4.39 Å². The van der Waals surface area contributed by atoms with Crippen LogP contribution in [0, 0.1) is 11.7 Å². The molecule has 4 rings (SSSR count). The molecule has 2 aromatic carbocycles. The van der Waals surface area contributed by atoms with Crippen LogP contribution >= 0.6 is 0 Å². The maximum Gasteiger partial charge on any atom is 0.226 e. The first kappa shape index (κ1) is 29.5. The molecule has 0 radical (unpaired) electrons. The van der Waals surface area contributed by atoms with Gasteiger partial charge >= 0.3 is 0 Å². The number of benzene rings is 2. The quantitative estimate of drug-likeness (QED) is 0.346. The fourth-order valence-electron chi connectivity index (χ4n) is 4.67. The summed E-state index contributed by atoms with van der Waals surface area (Å²) in [6.07, 6.45) is 1.97. The second-order valence-electron chi connectivity index (χ2n) is 10.8. The van der Waals surface area contributed by atoms with E-state index in [1.807, 2.05) is 45.2 Å². The fourth-order valence-corrected chi connectivity index (χ4v) is 4.67. The molecule has 0 saturated carbocycles. The molecule has 2 heterocycles. The summed E-state index contributed by atoms with van der Waals surface area (Å²) in [5, 5.41) is 2.86. The number of likely N-dealkylation sites (N-methyl/N-ethyl adjacent to an activating group) is 1. The first-order valence-corrected chi connectivity index (χ1v) is 14.1. The minimum atomic E-state index is -0.385. The molecule has 1 amide bonds. The highest BCUT2D eigenvalue weighted by molar-refractivity contribution is 5.78. The van der Waals surface area contributed by atoms with E-state index in [-0.39, 0.29) is 24.7 Å². The monoisotopic (exact) mass is 548 g/mol. The predicted octanol–water partition coefficient (Wildman–Crippen LogP) is 4.93. The predicted molar refractivity (Wildman–Crippen MR) is 156 cm³/mol. The maximum absolute atomic E-state index is 14.0. The molecule has 1 saturated heterocycles. The number of nitrogens with zero attached hydrogens (tertiary/aromatic N) is 3. The largest absolute Gasteiger partial charge is 0.494 e. The van der Waals surface area contributed by atoms with Gasteiger partial charge in [0.1, 0.15) is 17.3 Å². The minimum absolute atomic E-state index is 0.143. The Morgan fingerprint density at radius 3 is 2.52 bits per heavy atom. The van der Waals surface area contributed by atoms with Gasteiger partial charge in [-0.25, -0.2) is 4.39 Å². The lowest BCUT2D eigenvalue weighted by Crippen LogP contribution is -2.43. The van der Waals surface area contributed by atoms with Gasteiger partial charge in [-0.1, -0.05) is 26.0 Å². The van der Waals surface area contributed by atoms with E-state index in [0.29, 0.717) is 36.1 Å². The molecular weight excluding hydrogens is 507 g/mol. The van der Waals surface area contributed by atoms with Gasteiger partial charge in [0, 0.05) is 62.8 Å². The third kappa shape index (κ3) is 8.76. The molecule has 0 unspecified atom stereocenters. The molecular formula is C32H41FN4O3. The second-order valence-corrected chi connectivity index (χ2v) is 10.8. The number of carbonyl (C=O) groups excluding carboxylic acids is 1. The Morgan fingerprint density at radius 1 is 1.02 bits per heavy atom. The molecule has 1 N–H and O–H groups in total. The van der Waals surface area contributed by atoms with Crippen molar-refractivity contribution >= 4 is 5.91 Å². The van der Waals surface area contributed by atoms with Gasteiger partial charge < -0.3 is 19.7 Å². The Bertz CT molecular complexity index is 1260. The zero-order valence-corrected chi connectivity index (χ0v) is 24.1. The van der Waals surface area contributed by atoms with Gasteiger partial charge in [-0.3, -0.25) is 14.7 Å². The molecule has 40 heavy (non-hydrogen) atoms. The standard InChI is InChI=1S/C32H41FN4O3/c1-5-39-29-8-9-31(26(16-29)21-37-12-10-36(4)11-13-37)25-6-7-28(34-20-25)18-32(38)35-19-24-14-27(33)17-30(15-24)40-22-23(2)3/h6-9,14-17,20,23H,5,10-13,18-19,21-22H2,1-4H3,(H,35,38). The number of piperazine rings is 1. The van der Waals surface area contributed by atoms with Crippen LogP contribution in [0.3, 0.4) is 0 Å². The van der Waals surface area contributed by atoms with Crippen LogP contribution in [0.2, 0.25) is 0 Å². The van der Waals surface area contributed by atoms with Gasteiger partial charge in [0.2, 0.25) is 5.91 Å². The number of aromatic nitrogens is 1. The highest BCUT2D eigenvalue weighted by Crippen LogP contribution is 2.29. The zero-order chi connectivity index (χ0) is 28.5. The Labute approximate surface area is 237 Å². The van der Waals surface area contributed by atoms with E-state index in [0.717, 1.165) is 49.6 Å². The molecule has 7 nitrogen and oxygen atoms in total. The van der Waals surface area contributed by atoms with Crippen LogP contribution in [0.5, 0.6) is 11.5 Å². The number of ether oxygens (including phenoxy) is 2. The number of pyridine rings is 1. The first-order chi connectivity index (χ1) is 19.3. The number of amides is 1. The number of hydrogen-bond acceptors (Lipinski definition) is 6. The van der Waals surface area contributed by atoms with Crippen LogP contribution in [0.1, 0.15) is 37.6 Å². The summed E-state index contributed by atoms with van der Waals surface area (Å²) in [6.45, 7) is 12.4. The Morgan fingerprint density at radius 2 is 1.82 bits per heavy atom. The van der Waals surface area contributed by atoms with Crippen molar-refractivity contribution in [1.82, 2.24) is 20.1 Å². The molecule has 8 heteroatoms. The summed E-state index contributed by atoms with van der Waals surface area (Å²) in [7, 11) is 2.16. The minimum Gasteiger partial charge on any atom is -0.494 e. The average Bonchev–Trinajstić information content (AvgIpc) is 2.93. The number of hydrogen-bond donors (Lipinski definition) is 1. The van der Waals surface area contributed by atoms with Crippen molar-refractivity contribution in [3.8, 4) is 22.6 Å². The number of rotatable bonds is 12. The smallest absolute Gasteiger partial charge is 0.226 e. The lowest BCUT2D eigenvalue weighted by atomic mass is 9.99. The molecule has 1 aromatic heterocycles. The molecule has 214 valence electrons. The third-order valence-corrected chi connectivity index (χ3v) is 6.86. The van der Waals surface area contributed by atoms with E-state index in [2.05, 4.69) is 39.3 Å². The van der Waals surface area contributed by atoms with E-state index >= 15 is 0 Å². The average molecular weight is 549 g/mol. The molecule has 0 atom stereocenters. The van der Waals surface area contributed by atoms with Crippen LogP contribution in [0.25, 0.3) is 11.1 Å². The summed E-state index contributed by atoms with van der Waals surface area (Å²) in [4.78, 5) is 22.0. The molecule has 3 aromatic rings. The summed E-state index contributed by atoms with van der Waals surface area (Å²) >= 11 is 0. The van der Waals surface area contributed by atoms with Crippen LogP contribution in [0.15, 0.2) is 54.7 Å². The highest BCUT2D eigenvalue weighted by atomic mass is 19.1. The van der Waals surface area contributed by atoms with Gasteiger partial charge in [0.15, 0.2) is 0 Å². The van der Waals surface area contributed by atoms with Gasteiger partial charge in [-0.2, -0.15) is 0 Å². The Hall–Kier alpha value is -3.49. The van der Waals surface area contributed by atoms with E-state index in [1.165, 1.54) is 17.7 Å². The van der Waals surface area contributed by atoms with Gasteiger partial charge in [0.25, 0.3) is 0 Å². The summed E-state index contributed by atoms with van der Waals surface area (Å²) in [5.74, 6) is 1.11. The summed E-state index contributed by atoms with van der Waals surface area (Å²) in [5.41, 5.74) is 4.65. The Balaban J connectivity index is 1.38. The first-order valence-electron chi connectivity index (χ1n) is 14.1. The third-order valence-electron chi connectivity index (χ3n) is 6.86. The lowest BCUT2D eigenvalue weighted by molar-refractivity contribution is -0.120. The molecule has 1 aliphatic heterocycles. The summed E-state index contributed by atoms with van der Waals surface area (Å²) < 4.78 is 25.4. The molecule has 0 aliphatic carbocycles. The van der Waals surface area contributed by atoms with Crippen LogP contribution in [-0.2, 0) is 24.3 Å². The van der Waals surface area contributed by atoms with Crippen molar-refractivity contribution < 1.29 is 18.7 Å². The van der Waals surface area contributed by atoms with Crippen molar-refractivity contribution in [2.75, 3.05) is 46.4 Å². The second kappa shape index (κ2) is 14.2. The van der Waals surface area contributed by atoms with Crippen LogP contribution < -0.4 is 14.8 Å². The van der Waals surface area contributed by atoms with Crippen molar-refractivity contribution in [1.29, 1.82) is 0 Å². The van der Waals surface area contributed by atoms with Crippen molar-refractivity contribution in [2.24, 2.45) is 5.92 Å². The summed E-state index contributed by atoms with van der Waals surface area (Å²) in [6, 6.07) is 14.7. The van der Waals surface area contributed by atoms with E-state index in [4.69, 9.17) is 9.47 Å².